The van der Waals surface area contributed by atoms with Gasteiger partial charge < -0.3 is 14.2 Å². The first-order valence-electron chi connectivity index (χ1n) is 9.48. The van der Waals surface area contributed by atoms with Crippen molar-refractivity contribution >= 4 is 34.8 Å². The Labute approximate surface area is 168 Å². The molecule has 2 aliphatic rings. The average molecular weight is 416 g/mol. The molecule has 0 aromatic carbocycles. The zero-order valence-corrected chi connectivity index (χ0v) is 18.3. The van der Waals surface area contributed by atoms with Gasteiger partial charge in [-0.25, -0.2) is 0 Å². The molecule has 0 bridgehead atoms. The molecule has 2 fully saturated rings. The zero-order valence-electron chi connectivity index (χ0n) is 16.0. The van der Waals surface area contributed by atoms with E-state index in [0.717, 1.165) is 6.42 Å². The van der Waals surface area contributed by atoms with Gasteiger partial charge in [0, 0.05) is 5.88 Å². The smallest absolute Gasteiger partial charge is 0.108 e. The SMILES string of the molecule is CCC1OC(COCC2(CCl)OC(CCl)C(C)C2C)C(C)C(C)C1Cl. The lowest BCUT2D eigenvalue weighted by atomic mass is 9.82. The van der Waals surface area contributed by atoms with Gasteiger partial charge in [0.2, 0.25) is 0 Å². The highest BCUT2D eigenvalue weighted by Gasteiger charge is 2.50. The topological polar surface area (TPSA) is 27.7 Å². The number of rotatable bonds is 7. The Kier molecular flexibility index (Phi) is 8.20. The van der Waals surface area contributed by atoms with Crippen molar-refractivity contribution in [3.63, 3.8) is 0 Å². The molecule has 148 valence electrons. The van der Waals surface area contributed by atoms with E-state index in [0.29, 0.717) is 48.6 Å². The molecular formula is C19H33Cl3O3. The molecule has 0 amide bonds. The quantitative estimate of drug-likeness (QED) is 0.551. The summed E-state index contributed by atoms with van der Waals surface area (Å²) in [4.78, 5) is 0. The van der Waals surface area contributed by atoms with Crippen molar-refractivity contribution in [2.45, 2.75) is 70.3 Å². The highest BCUT2D eigenvalue weighted by atomic mass is 35.5. The molecule has 2 saturated heterocycles. The molecule has 9 atom stereocenters. The molecule has 0 aromatic heterocycles. The van der Waals surface area contributed by atoms with Crippen LogP contribution in [-0.2, 0) is 14.2 Å². The van der Waals surface area contributed by atoms with Crippen LogP contribution in [0.4, 0.5) is 0 Å². The average Bonchev–Trinajstić information content (AvgIpc) is 2.86. The molecule has 25 heavy (non-hydrogen) atoms. The van der Waals surface area contributed by atoms with Crippen LogP contribution in [0.1, 0.15) is 41.0 Å². The minimum Gasteiger partial charge on any atom is -0.376 e. The van der Waals surface area contributed by atoms with Crippen LogP contribution in [0.2, 0.25) is 0 Å². The van der Waals surface area contributed by atoms with E-state index in [-0.39, 0.29) is 23.7 Å². The standard InChI is InChI=1S/C19H33Cl3O3/c1-6-15-18(22)12(3)11(2)17(24-15)8-23-10-19(9-21)14(5)13(4)16(7-20)25-19/h11-18H,6-10H2,1-5H3. The molecule has 3 nitrogen and oxygen atoms in total. The van der Waals surface area contributed by atoms with Gasteiger partial charge in [0.15, 0.2) is 0 Å². The molecule has 0 N–H and O–H groups in total. The van der Waals surface area contributed by atoms with Gasteiger partial charge in [0.1, 0.15) is 5.60 Å². The van der Waals surface area contributed by atoms with Crippen LogP contribution in [0, 0.1) is 23.7 Å². The van der Waals surface area contributed by atoms with Gasteiger partial charge in [-0.05, 0) is 30.1 Å². The van der Waals surface area contributed by atoms with Crippen molar-refractivity contribution < 1.29 is 14.2 Å². The minimum atomic E-state index is -0.469. The summed E-state index contributed by atoms with van der Waals surface area (Å²) < 4.78 is 18.5. The molecule has 0 radical (unpaired) electrons. The van der Waals surface area contributed by atoms with Gasteiger partial charge in [-0.3, -0.25) is 0 Å². The lowest BCUT2D eigenvalue weighted by molar-refractivity contribution is -0.148. The Bertz CT molecular complexity index is 423. The van der Waals surface area contributed by atoms with Gasteiger partial charge in [-0.15, -0.1) is 34.8 Å². The highest BCUT2D eigenvalue weighted by Crippen LogP contribution is 2.42. The monoisotopic (exact) mass is 414 g/mol. The van der Waals surface area contributed by atoms with Crippen LogP contribution in [0.5, 0.6) is 0 Å². The summed E-state index contributed by atoms with van der Waals surface area (Å²) in [7, 11) is 0. The summed E-state index contributed by atoms with van der Waals surface area (Å²) in [6.07, 6.45) is 1.10. The van der Waals surface area contributed by atoms with E-state index in [1.165, 1.54) is 0 Å². The molecule has 0 saturated carbocycles. The second-order valence-corrected chi connectivity index (χ2v) is 9.04. The zero-order chi connectivity index (χ0) is 18.8. The number of ether oxygens (including phenoxy) is 3. The first kappa shape index (κ1) is 22.0. The largest absolute Gasteiger partial charge is 0.376 e. The number of hydrogen-bond donors (Lipinski definition) is 0. The van der Waals surface area contributed by atoms with Crippen molar-refractivity contribution in [1.82, 2.24) is 0 Å². The van der Waals surface area contributed by atoms with E-state index in [1.807, 2.05) is 0 Å². The van der Waals surface area contributed by atoms with E-state index < -0.39 is 5.60 Å². The van der Waals surface area contributed by atoms with Crippen molar-refractivity contribution in [1.29, 1.82) is 0 Å². The van der Waals surface area contributed by atoms with Gasteiger partial charge in [0.25, 0.3) is 0 Å². The second kappa shape index (κ2) is 9.30. The lowest BCUT2D eigenvalue weighted by Crippen LogP contribution is -2.49. The summed E-state index contributed by atoms with van der Waals surface area (Å²) in [5.74, 6) is 2.32. The summed E-state index contributed by atoms with van der Waals surface area (Å²) in [6, 6.07) is 0. The summed E-state index contributed by atoms with van der Waals surface area (Å²) in [5, 5.41) is 0.0638. The van der Waals surface area contributed by atoms with Crippen LogP contribution in [0.25, 0.3) is 0 Å². The van der Waals surface area contributed by atoms with E-state index in [9.17, 15) is 0 Å². The van der Waals surface area contributed by atoms with Crippen molar-refractivity contribution in [3.05, 3.63) is 0 Å². The molecule has 0 aromatic rings. The van der Waals surface area contributed by atoms with E-state index >= 15 is 0 Å². The summed E-state index contributed by atoms with van der Waals surface area (Å²) in [5.41, 5.74) is -0.469. The molecule has 6 heteroatoms. The summed E-state index contributed by atoms with van der Waals surface area (Å²) >= 11 is 18.9. The van der Waals surface area contributed by atoms with Gasteiger partial charge >= 0.3 is 0 Å². The predicted molar refractivity (Wildman–Crippen MR) is 105 cm³/mol. The Morgan fingerprint density at radius 3 is 2.16 bits per heavy atom. The van der Waals surface area contributed by atoms with E-state index in [4.69, 9.17) is 49.0 Å². The van der Waals surface area contributed by atoms with Crippen LogP contribution >= 0.6 is 34.8 Å². The van der Waals surface area contributed by atoms with Crippen molar-refractivity contribution in [2.75, 3.05) is 25.0 Å². The van der Waals surface area contributed by atoms with E-state index in [2.05, 4.69) is 34.6 Å². The molecule has 2 rings (SSSR count). The lowest BCUT2D eigenvalue weighted by Gasteiger charge is -2.42. The Balaban J connectivity index is 1.94. The van der Waals surface area contributed by atoms with Gasteiger partial charge in [0.05, 0.1) is 42.8 Å². The van der Waals surface area contributed by atoms with E-state index in [1.54, 1.807) is 0 Å². The van der Waals surface area contributed by atoms with Crippen LogP contribution in [0.3, 0.4) is 0 Å². The summed E-state index contributed by atoms with van der Waals surface area (Å²) in [6.45, 7) is 11.9. The van der Waals surface area contributed by atoms with Crippen LogP contribution in [-0.4, -0.2) is 54.3 Å². The molecular weight excluding hydrogens is 383 g/mol. The molecule has 9 unspecified atom stereocenters. The third-order valence-corrected chi connectivity index (χ3v) is 8.06. The first-order chi connectivity index (χ1) is 11.8. The Morgan fingerprint density at radius 2 is 1.64 bits per heavy atom. The fourth-order valence-electron chi connectivity index (χ4n) is 4.10. The maximum absolute atomic E-state index is 6.53. The Morgan fingerprint density at radius 1 is 0.960 bits per heavy atom. The fraction of sp³-hybridized carbons (Fsp3) is 1.00. The van der Waals surface area contributed by atoms with Gasteiger partial charge in [-0.2, -0.15) is 0 Å². The fourth-order valence-corrected chi connectivity index (χ4v) is 5.29. The maximum Gasteiger partial charge on any atom is 0.108 e. The number of alkyl halides is 3. The molecule has 2 aliphatic heterocycles. The van der Waals surface area contributed by atoms with Crippen LogP contribution in [0.15, 0.2) is 0 Å². The van der Waals surface area contributed by atoms with Crippen molar-refractivity contribution in [2.24, 2.45) is 23.7 Å². The predicted octanol–water partition coefficient (Wildman–Crippen LogP) is 4.95. The van der Waals surface area contributed by atoms with Gasteiger partial charge in [-0.1, -0.05) is 34.6 Å². The Hall–Kier alpha value is 0.750. The molecule has 0 aliphatic carbocycles. The third kappa shape index (κ3) is 4.43. The highest BCUT2D eigenvalue weighted by molar-refractivity contribution is 6.21. The minimum absolute atomic E-state index is 0.0328. The first-order valence-corrected chi connectivity index (χ1v) is 11.0. The molecule has 2 heterocycles. The maximum atomic E-state index is 6.53. The second-order valence-electron chi connectivity index (χ2n) is 7.96. The number of halogens is 3. The third-order valence-electron chi connectivity index (χ3n) is 6.62. The van der Waals surface area contributed by atoms with Crippen molar-refractivity contribution in [3.8, 4) is 0 Å². The number of hydrogen-bond acceptors (Lipinski definition) is 3. The van der Waals surface area contributed by atoms with Crippen LogP contribution < -0.4 is 0 Å². The molecule has 0 spiro atoms. The normalized spacial score (nSPS) is 48.0.